The van der Waals surface area contributed by atoms with Gasteiger partial charge in [-0.05, 0) is 38.7 Å². The molecule has 0 amide bonds. The summed E-state index contributed by atoms with van der Waals surface area (Å²) >= 11 is 0. The van der Waals surface area contributed by atoms with Crippen LogP contribution in [0.5, 0.6) is 0 Å². The summed E-state index contributed by atoms with van der Waals surface area (Å²) in [7, 11) is 1.68. The molecule has 0 N–H and O–H groups in total. The highest BCUT2D eigenvalue weighted by atomic mass is 16.5. The molecule has 0 heterocycles. The fraction of sp³-hybridized carbons (Fsp3) is 0.636. The summed E-state index contributed by atoms with van der Waals surface area (Å²) in [6.45, 7) is 6.47. The predicted octanol–water partition coefficient (Wildman–Crippen LogP) is 3.53. The summed E-state index contributed by atoms with van der Waals surface area (Å²) in [5.74, 6) is 0.612. The number of hydrogen-bond donors (Lipinski definition) is 0. The van der Waals surface area contributed by atoms with Crippen molar-refractivity contribution in [2.45, 2.75) is 33.6 Å². The summed E-state index contributed by atoms with van der Waals surface area (Å²) in [6, 6.07) is 0. The summed E-state index contributed by atoms with van der Waals surface area (Å²) in [5.41, 5.74) is 1.40. The zero-order chi connectivity index (χ0) is 9.40. The Labute approximate surface area is 76.1 Å². The van der Waals surface area contributed by atoms with Crippen LogP contribution < -0.4 is 0 Å². The van der Waals surface area contributed by atoms with Gasteiger partial charge in [-0.25, -0.2) is 0 Å². The smallest absolute Gasteiger partial charge is 0.0787 e. The summed E-state index contributed by atoms with van der Waals surface area (Å²) in [4.78, 5) is 0. The minimum absolute atomic E-state index is 0.612. The quantitative estimate of drug-likeness (QED) is 0.451. The van der Waals surface area contributed by atoms with Gasteiger partial charge >= 0.3 is 0 Å². The van der Waals surface area contributed by atoms with E-state index in [2.05, 4.69) is 32.9 Å². The highest BCUT2D eigenvalue weighted by molar-refractivity contribution is 4.93. The molecule has 12 heavy (non-hydrogen) atoms. The molecule has 0 aromatic carbocycles. The molecule has 0 aliphatic carbocycles. The van der Waals surface area contributed by atoms with E-state index in [1.54, 1.807) is 13.4 Å². The minimum atomic E-state index is 0.612. The van der Waals surface area contributed by atoms with E-state index in [4.69, 9.17) is 4.74 Å². The third-order valence-corrected chi connectivity index (χ3v) is 1.72. The molecule has 0 saturated heterocycles. The van der Waals surface area contributed by atoms with E-state index in [0.717, 1.165) is 6.42 Å². The summed E-state index contributed by atoms with van der Waals surface area (Å²) < 4.78 is 4.84. The first-order valence-corrected chi connectivity index (χ1v) is 4.49. The van der Waals surface area contributed by atoms with Crippen LogP contribution in [0.4, 0.5) is 0 Å². The first-order valence-electron chi connectivity index (χ1n) is 4.49. The van der Waals surface area contributed by atoms with Gasteiger partial charge in [-0.15, -0.1) is 0 Å². The van der Waals surface area contributed by atoms with Crippen molar-refractivity contribution in [3.8, 4) is 0 Å². The molecule has 0 aromatic heterocycles. The zero-order valence-corrected chi connectivity index (χ0v) is 8.63. The molecule has 0 spiro atoms. The topological polar surface area (TPSA) is 9.23 Å². The van der Waals surface area contributed by atoms with E-state index in [1.165, 1.54) is 12.0 Å². The molecule has 0 rings (SSSR count). The molecule has 0 radical (unpaired) electrons. The Morgan fingerprint density at radius 2 is 2.08 bits per heavy atom. The third kappa shape index (κ3) is 7.39. The van der Waals surface area contributed by atoms with E-state index in [1.807, 2.05) is 0 Å². The second-order valence-electron chi connectivity index (χ2n) is 3.40. The Bertz CT molecular complexity index is 152. The van der Waals surface area contributed by atoms with E-state index < -0.39 is 0 Å². The van der Waals surface area contributed by atoms with Gasteiger partial charge in [-0.3, -0.25) is 0 Å². The SMILES string of the molecule is CO/C=C/C(C)CCC=C(C)C. The lowest BCUT2D eigenvalue weighted by molar-refractivity contribution is 0.333. The lowest BCUT2D eigenvalue weighted by Crippen LogP contribution is -1.88. The van der Waals surface area contributed by atoms with Crippen LogP contribution in [-0.4, -0.2) is 7.11 Å². The molecule has 1 nitrogen and oxygen atoms in total. The average molecular weight is 168 g/mol. The second kappa shape index (κ2) is 6.96. The van der Waals surface area contributed by atoms with Crippen molar-refractivity contribution in [3.05, 3.63) is 24.0 Å². The predicted molar refractivity (Wildman–Crippen MR) is 54.0 cm³/mol. The molecule has 1 heteroatoms. The van der Waals surface area contributed by atoms with Gasteiger partial charge in [0.1, 0.15) is 0 Å². The van der Waals surface area contributed by atoms with E-state index in [-0.39, 0.29) is 0 Å². The van der Waals surface area contributed by atoms with Crippen molar-refractivity contribution >= 4 is 0 Å². The van der Waals surface area contributed by atoms with Gasteiger partial charge in [-0.1, -0.05) is 18.6 Å². The van der Waals surface area contributed by atoms with Crippen molar-refractivity contribution in [2.75, 3.05) is 7.11 Å². The molecule has 0 saturated carbocycles. The van der Waals surface area contributed by atoms with Gasteiger partial charge in [0, 0.05) is 0 Å². The molecule has 0 bridgehead atoms. The fourth-order valence-electron chi connectivity index (χ4n) is 0.944. The number of allylic oxidation sites excluding steroid dienone is 3. The second-order valence-corrected chi connectivity index (χ2v) is 3.40. The van der Waals surface area contributed by atoms with Crippen LogP contribution in [0.15, 0.2) is 24.0 Å². The van der Waals surface area contributed by atoms with Crippen LogP contribution in [0.25, 0.3) is 0 Å². The minimum Gasteiger partial charge on any atom is -0.505 e. The maximum atomic E-state index is 4.84. The number of hydrogen-bond acceptors (Lipinski definition) is 1. The Morgan fingerprint density at radius 3 is 2.58 bits per heavy atom. The van der Waals surface area contributed by atoms with Crippen molar-refractivity contribution in [3.63, 3.8) is 0 Å². The van der Waals surface area contributed by atoms with Gasteiger partial charge in [0.2, 0.25) is 0 Å². The Morgan fingerprint density at radius 1 is 1.42 bits per heavy atom. The number of methoxy groups -OCH3 is 1. The molecule has 1 unspecified atom stereocenters. The third-order valence-electron chi connectivity index (χ3n) is 1.72. The van der Waals surface area contributed by atoms with Crippen LogP contribution in [0.2, 0.25) is 0 Å². The van der Waals surface area contributed by atoms with Crippen molar-refractivity contribution in [1.29, 1.82) is 0 Å². The van der Waals surface area contributed by atoms with Crippen LogP contribution in [0.3, 0.4) is 0 Å². The number of rotatable bonds is 5. The Balaban J connectivity index is 3.50. The van der Waals surface area contributed by atoms with E-state index in [0.29, 0.717) is 5.92 Å². The molecule has 1 atom stereocenters. The normalized spacial score (nSPS) is 13.0. The van der Waals surface area contributed by atoms with Crippen LogP contribution in [0, 0.1) is 5.92 Å². The highest BCUT2D eigenvalue weighted by Crippen LogP contribution is 2.08. The zero-order valence-electron chi connectivity index (χ0n) is 8.63. The average Bonchev–Trinajstić information content (AvgIpc) is 2.00. The molecular formula is C11H20O. The van der Waals surface area contributed by atoms with Crippen LogP contribution >= 0.6 is 0 Å². The monoisotopic (exact) mass is 168 g/mol. The van der Waals surface area contributed by atoms with Crippen LogP contribution in [-0.2, 0) is 4.74 Å². The van der Waals surface area contributed by atoms with Gasteiger partial charge in [0.25, 0.3) is 0 Å². The summed E-state index contributed by atoms with van der Waals surface area (Å²) in [6.07, 6.45) is 8.49. The fourth-order valence-corrected chi connectivity index (χ4v) is 0.944. The summed E-state index contributed by atoms with van der Waals surface area (Å²) in [5, 5.41) is 0. The first kappa shape index (κ1) is 11.3. The number of ether oxygens (including phenoxy) is 1. The Hall–Kier alpha value is -0.720. The lowest BCUT2D eigenvalue weighted by atomic mass is 10.1. The highest BCUT2D eigenvalue weighted by Gasteiger charge is 1.94. The van der Waals surface area contributed by atoms with Crippen molar-refractivity contribution in [1.82, 2.24) is 0 Å². The van der Waals surface area contributed by atoms with Gasteiger partial charge in [0.15, 0.2) is 0 Å². The van der Waals surface area contributed by atoms with Gasteiger partial charge in [-0.2, -0.15) is 0 Å². The first-order chi connectivity index (χ1) is 5.66. The lowest BCUT2D eigenvalue weighted by Gasteiger charge is -2.02. The largest absolute Gasteiger partial charge is 0.505 e. The van der Waals surface area contributed by atoms with Gasteiger partial charge < -0.3 is 4.74 Å². The molecular weight excluding hydrogens is 148 g/mol. The van der Waals surface area contributed by atoms with E-state index >= 15 is 0 Å². The van der Waals surface area contributed by atoms with Crippen molar-refractivity contribution in [2.24, 2.45) is 5.92 Å². The maximum absolute atomic E-state index is 4.84. The molecule has 0 aromatic rings. The van der Waals surface area contributed by atoms with E-state index in [9.17, 15) is 0 Å². The standard InChI is InChI=1S/C11H20O/c1-10(2)6-5-7-11(3)8-9-12-4/h6,8-9,11H,5,7H2,1-4H3/b9-8+. The van der Waals surface area contributed by atoms with Gasteiger partial charge in [0.05, 0.1) is 13.4 Å². The molecule has 0 aliphatic heterocycles. The molecule has 70 valence electrons. The molecule has 0 fully saturated rings. The molecule has 0 aliphatic rings. The van der Waals surface area contributed by atoms with Crippen molar-refractivity contribution < 1.29 is 4.74 Å². The van der Waals surface area contributed by atoms with Crippen LogP contribution in [0.1, 0.15) is 33.6 Å². The maximum Gasteiger partial charge on any atom is 0.0787 e. The Kier molecular flexibility index (Phi) is 6.54.